The van der Waals surface area contributed by atoms with Crippen LogP contribution in [0.5, 0.6) is 0 Å². The van der Waals surface area contributed by atoms with Gasteiger partial charge in [0.1, 0.15) is 0 Å². The molecule has 0 amide bonds. The molecule has 0 aromatic heterocycles. The highest BCUT2D eigenvalue weighted by Gasteiger charge is 2.22. The average molecular weight is 1440 g/mol. The lowest BCUT2D eigenvalue weighted by molar-refractivity contribution is 0.0257. The molecule has 101 heavy (non-hydrogen) atoms. The Bertz CT molecular complexity index is 1570. The normalized spacial score (nSPS) is 15.2. The number of aliphatic hydroxyl groups is 5. The summed E-state index contributed by atoms with van der Waals surface area (Å²) in [6, 6.07) is 0. The Balaban J connectivity index is 2.82. The van der Waals surface area contributed by atoms with Crippen molar-refractivity contribution in [2.75, 3.05) is 125 Å². The summed E-state index contributed by atoms with van der Waals surface area (Å²) in [6.45, 7) is 37.9. The van der Waals surface area contributed by atoms with Gasteiger partial charge in [0, 0.05) is 98.2 Å². The molecule has 1 aliphatic rings. The van der Waals surface area contributed by atoms with Crippen LogP contribution in [0.1, 0.15) is 390 Å². The zero-order valence-electron chi connectivity index (χ0n) is 69.9. The number of piperazine rings is 1. The van der Waals surface area contributed by atoms with Gasteiger partial charge in [-0.1, -0.05) is 358 Å². The van der Waals surface area contributed by atoms with Gasteiger partial charge in [0.05, 0.1) is 56.9 Å². The summed E-state index contributed by atoms with van der Waals surface area (Å²) in [4.78, 5) is 12.1. The predicted molar refractivity (Wildman–Crippen MR) is 439 cm³/mol. The monoisotopic (exact) mass is 1430 g/mol. The van der Waals surface area contributed by atoms with Gasteiger partial charge in [-0.3, -0.25) is 24.5 Å². The zero-order chi connectivity index (χ0) is 73.9. The molecule has 12 heteroatoms. The summed E-state index contributed by atoms with van der Waals surface area (Å²) >= 11 is 0. The van der Waals surface area contributed by atoms with Crippen LogP contribution in [0, 0.1) is 29.6 Å². The van der Waals surface area contributed by atoms with Crippen molar-refractivity contribution in [3.8, 4) is 0 Å². The van der Waals surface area contributed by atoms with E-state index in [1.807, 2.05) is 0 Å². The topological polar surface area (TPSA) is 136 Å². The fraction of sp³-hybridized carbons (Fsp3) is 1.00. The number of ether oxygens (including phenoxy) is 2. The van der Waals surface area contributed by atoms with Gasteiger partial charge >= 0.3 is 0 Å². The first-order chi connectivity index (χ1) is 48.9. The van der Waals surface area contributed by atoms with Crippen LogP contribution < -0.4 is 0 Å². The highest BCUT2D eigenvalue weighted by atomic mass is 16.5. The van der Waals surface area contributed by atoms with Gasteiger partial charge in [0.15, 0.2) is 0 Å². The van der Waals surface area contributed by atoms with Crippen molar-refractivity contribution in [1.82, 2.24) is 24.5 Å². The summed E-state index contributed by atoms with van der Waals surface area (Å²) in [5.74, 6) is 4.05. The molecule has 1 rings (SSSR count). The second-order valence-electron chi connectivity index (χ2n) is 35.0. The highest BCUT2D eigenvalue weighted by molar-refractivity contribution is 4.77. The summed E-state index contributed by atoms with van der Waals surface area (Å²) in [5.41, 5.74) is 0. The second kappa shape index (κ2) is 72.4. The number of nitrogens with zero attached hydrogens (tertiary/aromatic N) is 5. The van der Waals surface area contributed by atoms with E-state index >= 15 is 0 Å². The molecule has 1 saturated heterocycles. The number of unbranched alkanes of at least 4 members (excludes halogenated alkanes) is 35. The van der Waals surface area contributed by atoms with Crippen LogP contribution in [0.4, 0.5) is 0 Å². The smallest absolute Gasteiger partial charge is 0.0667 e. The fourth-order valence-corrected chi connectivity index (χ4v) is 15.2. The van der Waals surface area contributed by atoms with Gasteiger partial charge in [-0.15, -0.1) is 0 Å². The predicted octanol–water partition coefficient (Wildman–Crippen LogP) is 21.1. The third-order valence-corrected chi connectivity index (χ3v) is 22.1. The lowest BCUT2D eigenvalue weighted by Gasteiger charge is -2.36. The Morgan fingerprint density at radius 2 is 0.396 bits per heavy atom. The minimum absolute atomic E-state index is 0.347. The van der Waals surface area contributed by atoms with E-state index in [2.05, 4.69) is 93.7 Å². The van der Waals surface area contributed by atoms with E-state index in [1.165, 1.54) is 257 Å². The van der Waals surface area contributed by atoms with E-state index in [0.29, 0.717) is 65.7 Å². The van der Waals surface area contributed by atoms with Crippen molar-refractivity contribution >= 4 is 0 Å². The minimum Gasteiger partial charge on any atom is -0.392 e. The maximum atomic E-state index is 11.5. The van der Waals surface area contributed by atoms with E-state index in [0.717, 1.165) is 153 Å². The van der Waals surface area contributed by atoms with E-state index in [4.69, 9.17) is 9.47 Å². The fourth-order valence-electron chi connectivity index (χ4n) is 15.2. The molecule has 5 N–H and O–H groups in total. The first-order valence-electron chi connectivity index (χ1n) is 45.1. The van der Waals surface area contributed by atoms with Gasteiger partial charge in [-0.2, -0.15) is 0 Å². The SMILES string of the molecule is CC(C)CCCCCCCCCCC(O)CN(CCOCCN(CC(O)CCCCCCCCCCC(C)C)CC(O)CCCCCCCCCCC(C)C)CCN1CCN(CCOCCN(CC(O)CCCCCCCCCCC(C)C)CC(O)CCCCCCCCCCC(C)C)CC1. The van der Waals surface area contributed by atoms with E-state index in [1.54, 1.807) is 0 Å². The number of rotatable bonds is 80. The number of hydrogen-bond acceptors (Lipinski definition) is 12. The molecule has 1 aliphatic heterocycles. The maximum Gasteiger partial charge on any atom is 0.0667 e. The summed E-state index contributed by atoms with van der Waals surface area (Å²) in [7, 11) is 0. The first kappa shape index (κ1) is 98.5. The van der Waals surface area contributed by atoms with Crippen molar-refractivity contribution < 1.29 is 35.0 Å². The molecule has 606 valence electrons. The summed E-state index contributed by atoms with van der Waals surface area (Å²) in [5, 5.41) is 56.8. The van der Waals surface area contributed by atoms with Crippen LogP contribution >= 0.6 is 0 Å². The van der Waals surface area contributed by atoms with Crippen LogP contribution in [0.25, 0.3) is 0 Å². The van der Waals surface area contributed by atoms with E-state index in [-0.39, 0.29) is 18.3 Å². The zero-order valence-corrected chi connectivity index (χ0v) is 69.9. The largest absolute Gasteiger partial charge is 0.392 e. The Kier molecular flexibility index (Phi) is 70.6. The molecule has 1 fully saturated rings. The van der Waals surface area contributed by atoms with Crippen LogP contribution in [-0.2, 0) is 9.47 Å². The van der Waals surface area contributed by atoms with Gasteiger partial charge < -0.3 is 35.0 Å². The first-order valence-corrected chi connectivity index (χ1v) is 45.1. The standard InChI is InChI=1S/C89H183N5O7/c1-80(2)51-41-31-21-11-16-26-36-46-56-85(95)75-92(68-72-101-74-70-94(78-88(98)59-49-39-29-19-14-24-34-44-54-83(7)8)79-89(99)60-50-40-30-20-15-25-35-45-55-84(9)10)66-65-90-61-63-91(64-62-90)67-71-100-73-69-93(76-86(96)57-47-37-27-17-12-22-32-42-52-81(3)4)77-87(97)58-48-38-28-18-13-23-33-43-53-82(5)6/h80-89,95-99H,11-79H2,1-10H3. The van der Waals surface area contributed by atoms with Crippen molar-refractivity contribution in [2.24, 2.45) is 29.6 Å². The Morgan fingerprint density at radius 3 is 0.624 bits per heavy atom. The molecule has 5 unspecified atom stereocenters. The van der Waals surface area contributed by atoms with E-state index < -0.39 is 12.2 Å². The molecule has 5 atom stereocenters. The Morgan fingerprint density at radius 1 is 0.218 bits per heavy atom. The molecule has 0 aromatic rings. The minimum atomic E-state index is -0.397. The molecular weight excluding hydrogens is 1250 g/mol. The molecular formula is C89H183N5O7. The molecule has 1 heterocycles. The summed E-state index contributed by atoms with van der Waals surface area (Å²) < 4.78 is 12.8. The van der Waals surface area contributed by atoms with Crippen molar-refractivity contribution in [1.29, 1.82) is 0 Å². The van der Waals surface area contributed by atoms with Crippen LogP contribution in [0.2, 0.25) is 0 Å². The van der Waals surface area contributed by atoms with Gasteiger partial charge in [-0.05, 0) is 61.7 Å². The van der Waals surface area contributed by atoms with Gasteiger partial charge in [0.25, 0.3) is 0 Å². The van der Waals surface area contributed by atoms with Crippen LogP contribution in [0.15, 0.2) is 0 Å². The van der Waals surface area contributed by atoms with Gasteiger partial charge in [0.2, 0.25) is 0 Å². The average Bonchev–Trinajstić information content (AvgIpc) is 1.25. The third kappa shape index (κ3) is 70.9. The van der Waals surface area contributed by atoms with Crippen LogP contribution in [-0.4, -0.2) is 205 Å². The highest BCUT2D eigenvalue weighted by Crippen LogP contribution is 2.21. The van der Waals surface area contributed by atoms with Crippen molar-refractivity contribution in [3.05, 3.63) is 0 Å². The molecule has 0 bridgehead atoms. The van der Waals surface area contributed by atoms with Crippen molar-refractivity contribution in [3.63, 3.8) is 0 Å². The third-order valence-electron chi connectivity index (χ3n) is 22.1. The van der Waals surface area contributed by atoms with Crippen LogP contribution in [0.3, 0.4) is 0 Å². The Hall–Kier alpha value is -0.480. The molecule has 0 aromatic carbocycles. The maximum absolute atomic E-state index is 11.5. The van der Waals surface area contributed by atoms with Crippen molar-refractivity contribution in [2.45, 2.75) is 421 Å². The quantitative estimate of drug-likeness (QED) is 0.0371. The lowest BCUT2D eigenvalue weighted by atomic mass is 10.0. The molecule has 0 radical (unpaired) electrons. The van der Waals surface area contributed by atoms with Gasteiger partial charge in [-0.25, -0.2) is 0 Å². The second-order valence-corrected chi connectivity index (χ2v) is 35.0. The molecule has 12 nitrogen and oxygen atoms in total. The molecule has 0 aliphatic carbocycles. The molecule has 0 spiro atoms. The lowest BCUT2D eigenvalue weighted by Crippen LogP contribution is -2.49. The number of hydrogen-bond donors (Lipinski definition) is 5. The Labute approximate surface area is 631 Å². The number of aliphatic hydroxyl groups excluding tert-OH is 5. The molecule has 0 saturated carbocycles. The summed E-state index contributed by atoms with van der Waals surface area (Å²) in [6.07, 6.45) is 60.2. The van der Waals surface area contributed by atoms with E-state index in [9.17, 15) is 25.5 Å².